The van der Waals surface area contributed by atoms with Gasteiger partial charge < -0.3 is 9.84 Å². The SMILES string of the molecule is N#Cc1cc2c(=O)n(CCOc3ccc(Cl)cc3-c3cnc(C(=O)O)s3)cnc2cn1. The Morgan fingerprint density at radius 1 is 1.26 bits per heavy atom. The molecule has 9 nitrogen and oxygen atoms in total. The first-order chi connectivity index (χ1) is 15.0. The Balaban J connectivity index is 1.56. The van der Waals surface area contributed by atoms with Crippen molar-refractivity contribution in [3.63, 3.8) is 0 Å². The quantitative estimate of drug-likeness (QED) is 0.470. The average Bonchev–Trinajstić information content (AvgIpc) is 3.26. The Labute approximate surface area is 183 Å². The van der Waals surface area contributed by atoms with E-state index in [1.54, 1.807) is 18.2 Å². The van der Waals surface area contributed by atoms with E-state index in [9.17, 15) is 9.59 Å². The average molecular weight is 454 g/mol. The summed E-state index contributed by atoms with van der Waals surface area (Å²) in [6.07, 6.45) is 4.23. The molecule has 0 spiro atoms. The van der Waals surface area contributed by atoms with Crippen molar-refractivity contribution in [2.45, 2.75) is 6.54 Å². The Hall–Kier alpha value is -3.81. The number of aromatic nitrogens is 4. The molecule has 4 rings (SSSR count). The first-order valence-corrected chi connectivity index (χ1v) is 10.0. The van der Waals surface area contributed by atoms with Gasteiger partial charge in [-0.1, -0.05) is 11.6 Å². The number of halogens is 1. The second-order valence-corrected chi connectivity index (χ2v) is 7.73. The van der Waals surface area contributed by atoms with Gasteiger partial charge in [0.1, 0.15) is 24.1 Å². The van der Waals surface area contributed by atoms with Crippen molar-refractivity contribution in [2.24, 2.45) is 0 Å². The van der Waals surface area contributed by atoms with Crippen LogP contribution in [0.4, 0.5) is 0 Å². The second-order valence-electron chi connectivity index (χ2n) is 6.27. The fraction of sp³-hybridized carbons (Fsp3) is 0.100. The van der Waals surface area contributed by atoms with Crippen LogP contribution in [0.1, 0.15) is 15.5 Å². The van der Waals surface area contributed by atoms with Crippen LogP contribution in [0.15, 0.2) is 47.8 Å². The molecule has 1 aromatic carbocycles. The predicted molar refractivity (Wildman–Crippen MR) is 114 cm³/mol. The van der Waals surface area contributed by atoms with Crippen molar-refractivity contribution in [1.29, 1.82) is 5.26 Å². The van der Waals surface area contributed by atoms with Crippen molar-refractivity contribution >= 4 is 39.8 Å². The molecule has 0 radical (unpaired) electrons. The van der Waals surface area contributed by atoms with Gasteiger partial charge in [-0.25, -0.2) is 19.7 Å². The molecule has 11 heteroatoms. The summed E-state index contributed by atoms with van der Waals surface area (Å²) in [6.45, 7) is 0.347. The van der Waals surface area contributed by atoms with Crippen molar-refractivity contribution in [2.75, 3.05) is 6.61 Å². The van der Waals surface area contributed by atoms with Gasteiger partial charge in [0.25, 0.3) is 5.56 Å². The van der Waals surface area contributed by atoms with Crippen LogP contribution in [0, 0.1) is 11.3 Å². The molecule has 0 fully saturated rings. The Morgan fingerprint density at radius 2 is 2.10 bits per heavy atom. The molecule has 0 saturated heterocycles. The van der Waals surface area contributed by atoms with E-state index < -0.39 is 5.97 Å². The molecule has 154 valence electrons. The van der Waals surface area contributed by atoms with E-state index in [-0.39, 0.29) is 29.4 Å². The lowest BCUT2D eigenvalue weighted by Crippen LogP contribution is -2.23. The molecule has 1 N–H and O–H groups in total. The van der Waals surface area contributed by atoms with Gasteiger partial charge in [0, 0.05) is 16.8 Å². The summed E-state index contributed by atoms with van der Waals surface area (Å²) < 4.78 is 7.24. The maximum Gasteiger partial charge on any atom is 0.365 e. The van der Waals surface area contributed by atoms with E-state index in [2.05, 4.69) is 15.0 Å². The number of ether oxygens (including phenoxy) is 1. The van der Waals surface area contributed by atoms with Crippen LogP contribution in [-0.4, -0.2) is 37.2 Å². The molecule has 0 unspecified atom stereocenters. The minimum absolute atomic E-state index is 0.0408. The molecule has 0 bridgehead atoms. The summed E-state index contributed by atoms with van der Waals surface area (Å²) in [5, 5.41) is 18.8. The number of carbonyl (C=O) groups is 1. The van der Waals surface area contributed by atoms with Gasteiger partial charge in [-0.15, -0.1) is 11.3 Å². The third kappa shape index (κ3) is 4.23. The summed E-state index contributed by atoms with van der Waals surface area (Å²) in [5.41, 5.74) is 0.834. The number of carboxylic acid groups (broad SMARTS) is 1. The van der Waals surface area contributed by atoms with Crippen LogP contribution < -0.4 is 10.3 Å². The molecule has 31 heavy (non-hydrogen) atoms. The Kier molecular flexibility index (Phi) is 5.62. The molecular formula is C20H12ClN5O4S. The van der Waals surface area contributed by atoms with Gasteiger partial charge in [-0.2, -0.15) is 5.26 Å². The monoisotopic (exact) mass is 453 g/mol. The Bertz CT molecular complexity index is 1410. The highest BCUT2D eigenvalue weighted by atomic mass is 35.5. The highest BCUT2D eigenvalue weighted by Gasteiger charge is 2.15. The molecule has 0 aliphatic rings. The summed E-state index contributed by atoms with van der Waals surface area (Å²) >= 11 is 7.10. The number of carboxylic acids is 1. The highest BCUT2D eigenvalue weighted by Crippen LogP contribution is 2.36. The number of rotatable bonds is 6. The zero-order valence-electron chi connectivity index (χ0n) is 15.6. The number of fused-ring (bicyclic) bond motifs is 1. The van der Waals surface area contributed by atoms with Crippen molar-refractivity contribution < 1.29 is 14.6 Å². The normalized spacial score (nSPS) is 10.7. The third-order valence-electron chi connectivity index (χ3n) is 4.31. The first kappa shape index (κ1) is 20.5. The van der Waals surface area contributed by atoms with Gasteiger partial charge in [-0.05, 0) is 24.3 Å². The van der Waals surface area contributed by atoms with Gasteiger partial charge in [0.2, 0.25) is 5.01 Å². The van der Waals surface area contributed by atoms with Crippen LogP contribution in [-0.2, 0) is 6.54 Å². The fourth-order valence-corrected chi connectivity index (χ4v) is 3.80. The number of benzene rings is 1. The maximum atomic E-state index is 12.7. The molecule has 0 atom stereocenters. The minimum atomic E-state index is -1.11. The van der Waals surface area contributed by atoms with Gasteiger partial charge in [0.15, 0.2) is 0 Å². The standard InChI is InChI=1S/C20H12ClN5O4S/c21-11-1-2-16(14(5-11)17-9-24-18(31-17)20(28)29)30-4-3-26-10-25-15-8-23-12(7-22)6-13(15)19(26)27/h1-2,5-6,8-10H,3-4H2,(H,28,29). The molecule has 0 aliphatic carbocycles. The lowest BCUT2D eigenvalue weighted by Gasteiger charge is -2.12. The summed E-state index contributed by atoms with van der Waals surface area (Å²) in [7, 11) is 0. The first-order valence-electron chi connectivity index (χ1n) is 8.83. The minimum Gasteiger partial charge on any atom is -0.491 e. The lowest BCUT2D eigenvalue weighted by molar-refractivity contribution is 0.0696. The number of hydrogen-bond acceptors (Lipinski definition) is 8. The van der Waals surface area contributed by atoms with E-state index in [0.717, 1.165) is 11.3 Å². The van der Waals surface area contributed by atoms with Crippen LogP contribution >= 0.6 is 22.9 Å². The van der Waals surface area contributed by atoms with Crippen molar-refractivity contribution in [1.82, 2.24) is 19.5 Å². The van der Waals surface area contributed by atoms with Crippen LogP contribution in [0.5, 0.6) is 5.75 Å². The van der Waals surface area contributed by atoms with Gasteiger partial charge in [0.05, 0.1) is 34.8 Å². The Morgan fingerprint density at radius 3 is 2.84 bits per heavy atom. The number of aromatic carboxylic acids is 1. The van der Waals surface area contributed by atoms with Gasteiger partial charge in [-0.3, -0.25) is 9.36 Å². The number of thiazole rings is 1. The maximum absolute atomic E-state index is 12.7. The number of nitriles is 1. The van der Waals surface area contributed by atoms with E-state index >= 15 is 0 Å². The van der Waals surface area contributed by atoms with Crippen LogP contribution in [0.2, 0.25) is 5.02 Å². The molecule has 3 heterocycles. The molecule has 0 saturated carbocycles. The molecule has 4 aromatic rings. The number of pyridine rings is 1. The summed E-state index contributed by atoms with van der Waals surface area (Å²) in [6, 6.07) is 8.29. The topological polar surface area (TPSA) is 131 Å². The van der Waals surface area contributed by atoms with E-state index in [1.807, 2.05) is 6.07 Å². The lowest BCUT2D eigenvalue weighted by atomic mass is 10.2. The largest absolute Gasteiger partial charge is 0.491 e. The van der Waals surface area contributed by atoms with E-state index in [0.29, 0.717) is 32.1 Å². The molecule has 0 aliphatic heterocycles. The zero-order chi connectivity index (χ0) is 22.0. The third-order valence-corrected chi connectivity index (χ3v) is 5.56. The highest BCUT2D eigenvalue weighted by molar-refractivity contribution is 7.16. The number of nitrogens with zero attached hydrogens (tertiary/aromatic N) is 5. The number of hydrogen-bond donors (Lipinski definition) is 1. The summed E-state index contributed by atoms with van der Waals surface area (Å²) in [5.74, 6) is -0.638. The van der Waals surface area contributed by atoms with Crippen LogP contribution in [0.25, 0.3) is 21.3 Å². The molecule has 3 aromatic heterocycles. The second kappa shape index (κ2) is 8.51. The fourth-order valence-electron chi connectivity index (χ4n) is 2.85. The van der Waals surface area contributed by atoms with Crippen molar-refractivity contribution in [3.05, 3.63) is 69.1 Å². The van der Waals surface area contributed by atoms with E-state index in [4.69, 9.17) is 26.7 Å². The van der Waals surface area contributed by atoms with E-state index in [1.165, 1.54) is 29.4 Å². The molecule has 0 amide bonds. The summed E-state index contributed by atoms with van der Waals surface area (Å²) in [4.78, 5) is 36.4. The van der Waals surface area contributed by atoms with Gasteiger partial charge >= 0.3 is 5.97 Å². The van der Waals surface area contributed by atoms with Crippen molar-refractivity contribution in [3.8, 4) is 22.3 Å². The van der Waals surface area contributed by atoms with Crippen LogP contribution in [0.3, 0.4) is 0 Å². The predicted octanol–water partition coefficient (Wildman–Crippen LogP) is 3.22. The zero-order valence-corrected chi connectivity index (χ0v) is 17.2. The smallest absolute Gasteiger partial charge is 0.365 e. The molecular weight excluding hydrogens is 442 g/mol.